The number of rotatable bonds is 7. The molecule has 0 amide bonds. The third-order valence-corrected chi connectivity index (χ3v) is 4.05. The summed E-state index contributed by atoms with van der Waals surface area (Å²) in [5.41, 5.74) is 0.409. The first-order valence-electron chi connectivity index (χ1n) is 7.33. The van der Waals surface area contributed by atoms with Gasteiger partial charge in [0.15, 0.2) is 5.82 Å². The summed E-state index contributed by atoms with van der Waals surface area (Å²) in [7, 11) is 1.62. The number of nitrogens with one attached hydrogen (secondary N) is 1. The lowest BCUT2D eigenvalue weighted by atomic mass is 10.2. The molecule has 3 rings (SSSR count). The molecule has 0 aliphatic carbocycles. The predicted molar refractivity (Wildman–Crippen MR) is 91.0 cm³/mol. The van der Waals surface area contributed by atoms with Gasteiger partial charge in [-0.25, -0.2) is 9.37 Å². The van der Waals surface area contributed by atoms with Gasteiger partial charge in [-0.1, -0.05) is 23.9 Å². The average Bonchev–Trinajstić information content (AvgIpc) is 3.08. The molecule has 0 fully saturated rings. The molecule has 0 saturated carbocycles. The Morgan fingerprint density at radius 3 is 2.58 bits per heavy atom. The topological polar surface area (TPSA) is 60.0 Å². The molecule has 0 spiro atoms. The first kappa shape index (κ1) is 16.3. The van der Waals surface area contributed by atoms with Crippen LogP contribution >= 0.6 is 11.8 Å². The molecule has 0 radical (unpaired) electrons. The van der Waals surface area contributed by atoms with Crippen molar-refractivity contribution in [3.63, 3.8) is 0 Å². The number of aromatic amines is 1. The van der Waals surface area contributed by atoms with Gasteiger partial charge in [0.1, 0.15) is 17.3 Å². The van der Waals surface area contributed by atoms with Crippen LogP contribution in [0, 0.1) is 5.82 Å². The molecule has 0 atom stereocenters. The third kappa shape index (κ3) is 4.05. The molecule has 24 heavy (non-hydrogen) atoms. The Morgan fingerprint density at radius 2 is 1.83 bits per heavy atom. The zero-order valence-electron chi connectivity index (χ0n) is 13.0. The molecule has 2 aromatic carbocycles. The Hall–Kier alpha value is -2.54. The maximum atomic E-state index is 13.7. The van der Waals surface area contributed by atoms with Crippen LogP contribution < -0.4 is 9.47 Å². The average molecular weight is 345 g/mol. The number of nitrogens with zero attached hydrogens (tertiary/aromatic N) is 2. The van der Waals surface area contributed by atoms with Crippen molar-refractivity contribution < 1.29 is 13.9 Å². The molecular formula is C17H16FN3O2S. The van der Waals surface area contributed by atoms with Gasteiger partial charge in [-0.15, -0.1) is 5.10 Å². The van der Waals surface area contributed by atoms with Crippen LogP contribution in [0.2, 0.25) is 0 Å². The van der Waals surface area contributed by atoms with Crippen LogP contribution in [-0.4, -0.2) is 34.7 Å². The monoisotopic (exact) mass is 345 g/mol. The summed E-state index contributed by atoms with van der Waals surface area (Å²) in [5.74, 6) is 2.34. The summed E-state index contributed by atoms with van der Waals surface area (Å²) in [6, 6.07) is 13.9. The Bertz CT molecular complexity index is 793. The highest BCUT2D eigenvalue weighted by molar-refractivity contribution is 7.99. The summed E-state index contributed by atoms with van der Waals surface area (Å²) < 4.78 is 24.4. The molecule has 7 heteroatoms. The number of halogens is 1. The number of H-pyrrole nitrogens is 1. The number of benzene rings is 2. The SMILES string of the molecule is COc1ccc(OCCSc2n[nH]c(-c3ccccc3F)n2)cc1. The van der Waals surface area contributed by atoms with Gasteiger partial charge in [-0.3, -0.25) is 5.10 Å². The van der Waals surface area contributed by atoms with Gasteiger partial charge in [-0.05, 0) is 36.4 Å². The van der Waals surface area contributed by atoms with Gasteiger partial charge in [0.2, 0.25) is 5.16 Å². The lowest BCUT2D eigenvalue weighted by Gasteiger charge is -2.05. The van der Waals surface area contributed by atoms with Crippen LogP contribution in [0.5, 0.6) is 11.5 Å². The molecule has 3 aromatic rings. The maximum absolute atomic E-state index is 13.7. The smallest absolute Gasteiger partial charge is 0.208 e. The zero-order chi connectivity index (χ0) is 16.8. The van der Waals surface area contributed by atoms with Crippen molar-refractivity contribution in [2.24, 2.45) is 0 Å². The van der Waals surface area contributed by atoms with Crippen LogP contribution in [0.4, 0.5) is 4.39 Å². The number of thioether (sulfide) groups is 1. The molecule has 5 nitrogen and oxygen atoms in total. The van der Waals surface area contributed by atoms with Crippen LogP contribution in [0.3, 0.4) is 0 Å². The molecule has 1 N–H and O–H groups in total. The van der Waals surface area contributed by atoms with Crippen molar-refractivity contribution in [3.8, 4) is 22.9 Å². The van der Waals surface area contributed by atoms with Crippen molar-refractivity contribution in [1.29, 1.82) is 0 Å². The van der Waals surface area contributed by atoms with E-state index in [2.05, 4.69) is 15.2 Å². The Labute approximate surface area is 143 Å². The molecule has 0 aliphatic heterocycles. The highest BCUT2D eigenvalue weighted by atomic mass is 32.2. The van der Waals surface area contributed by atoms with E-state index in [0.29, 0.717) is 28.9 Å². The first-order valence-corrected chi connectivity index (χ1v) is 8.32. The quantitative estimate of drug-likeness (QED) is 0.521. The van der Waals surface area contributed by atoms with E-state index in [4.69, 9.17) is 9.47 Å². The van der Waals surface area contributed by atoms with E-state index in [1.807, 2.05) is 24.3 Å². The third-order valence-electron chi connectivity index (χ3n) is 3.24. The number of hydrogen-bond acceptors (Lipinski definition) is 5. The van der Waals surface area contributed by atoms with E-state index in [0.717, 1.165) is 11.5 Å². The molecule has 1 aromatic heterocycles. The van der Waals surface area contributed by atoms with Crippen molar-refractivity contribution in [2.45, 2.75) is 5.16 Å². The summed E-state index contributed by atoms with van der Waals surface area (Å²) >= 11 is 1.44. The Balaban J connectivity index is 1.50. The van der Waals surface area contributed by atoms with Crippen molar-refractivity contribution in [3.05, 3.63) is 54.3 Å². The van der Waals surface area contributed by atoms with Crippen LogP contribution in [0.1, 0.15) is 0 Å². The minimum absolute atomic E-state index is 0.326. The fraction of sp³-hybridized carbons (Fsp3) is 0.176. The minimum Gasteiger partial charge on any atom is -0.497 e. The second-order valence-corrected chi connectivity index (χ2v) is 5.88. The fourth-order valence-electron chi connectivity index (χ4n) is 2.05. The summed E-state index contributed by atoms with van der Waals surface area (Å²) in [6.07, 6.45) is 0. The Kier molecular flexibility index (Phi) is 5.32. The summed E-state index contributed by atoms with van der Waals surface area (Å²) in [6.45, 7) is 0.514. The van der Waals surface area contributed by atoms with Crippen molar-refractivity contribution in [2.75, 3.05) is 19.5 Å². The Morgan fingerprint density at radius 1 is 1.08 bits per heavy atom. The van der Waals surface area contributed by atoms with Gasteiger partial charge >= 0.3 is 0 Å². The van der Waals surface area contributed by atoms with Crippen molar-refractivity contribution >= 4 is 11.8 Å². The molecule has 0 bridgehead atoms. The molecule has 1 heterocycles. The van der Waals surface area contributed by atoms with Gasteiger partial charge in [0.25, 0.3) is 0 Å². The van der Waals surface area contributed by atoms with E-state index >= 15 is 0 Å². The van der Waals surface area contributed by atoms with Crippen LogP contribution in [0.15, 0.2) is 53.7 Å². The second kappa shape index (κ2) is 7.83. The van der Waals surface area contributed by atoms with Gasteiger partial charge < -0.3 is 9.47 Å². The van der Waals surface area contributed by atoms with Gasteiger partial charge in [0, 0.05) is 5.75 Å². The highest BCUT2D eigenvalue weighted by Crippen LogP contribution is 2.22. The van der Waals surface area contributed by atoms with E-state index < -0.39 is 0 Å². The molecular weight excluding hydrogens is 329 g/mol. The van der Waals surface area contributed by atoms with Gasteiger partial charge in [0.05, 0.1) is 19.3 Å². The predicted octanol–water partition coefficient (Wildman–Crippen LogP) is 3.79. The van der Waals surface area contributed by atoms with Crippen molar-refractivity contribution in [1.82, 2.24) is 15.2 Å². The second-order valence-electron chi connectivity index (χ2n) is 4.82. The normalized spacial score (nSPS) is 10.6. The van der Waals surface area contributed by atoms with E-state index in [1.165, 1.54) is 17.8 Å². The number of methoxy groups -OCH3 is 1. The summed E-state index contributed by atoms with van der Waals surface area (Å²) in [4.78, 5) is 4.29. The van der Waals surface area contributed by atoms with Crippen LogP contribution in [0.25, 0.3) is 11.4 Å². The fourth-order valence-corrected chi connectivity index (χ4v) is 2.66. The molecule has 0 saturated heterocycles. The minimum atomic E-state index is -0.326. The van der Waals surface area contributed by atoms with Gasteiger partial charge in [-0.2, -0.15) is 0 Å². The maximum Gasteiger partial charge on any atom is 0.208 e. The van der Waals surface area contributed by atoms with E-state index in [1.54, 1.807) is 25.3 Å². The first-order chi connectivity index (χ1) is 11.8. The molecule has 124 valence electrons. The molecule has 0 aliphatic rings. The number of aromatic nitrogens is 3. The number of hydrogen-bond donors (Lipinski definition) is 1. The van der Waals surface area contributed by atoms with E-state index in [-0.39, 0.29) is 5.82 Å². The largest absolute Gasteiger partial charge is 0.497 e. The highest BCUT2D eigenvalue weighted by Gasteiger charge is 2.10. The number of ether oxygens (including phenoxy) is 2. The lowest BCUT2D eigenvalue weighted by Crippen LogP contribution is -2.00. The summed E-state index contributed by atoms with van der Waals surface area (Å²) in [5, 5.41) is 7.41. The van der Waals surface area contributed by atoms with E-state index in [9.17, 15) is 4.39 Å². The standard InChI is InChI=1S/C17H16FN3O2S/c1-22-12-6-8-13(9-7-12)23-10-11-24-17-19-16(20-21-17)14-4-2-3-5-15(14)18/h2-9H,10-11H2,1H3,(H,19,20,21). The zero-order valence-corrected chi connectivity index (χ0v) is 13.8. The lowest BCUT2D eigenvalue weighted by molar-refractivity contribution is 0.342. The molecule has 0 unspecified atom stereocenters. The van der Waals surface area contributed by atoms with Crippen LogP contribution in [-0.2, 0) is 0 Å².